The van der Waals surface area contributed by atoms with E-state index in [0.717, 1.165) is 17.0 Å². The summed E-state index contributed by atoms with van der Waals surface area (Å²) in [6.07, 6.45) is 2.32. The molecule has 170 valence electrons. The molecule has 1 aliphatic rings. The minimum absolute atomic E-state index is 0.0878. The number of hydrogen-bond donors (Lipinski definition) is 1. The predicted molar refractivity (Wildman–Crippen MR) is 117 cm³/mol. The number of Topliss-reactive ketones (excluding diaryl/α,β-unsaturated/α-hetero) is 1. The second-order valence-corrected chi connectivity index (χ2v) is 8.61. The van der Waals surface area contributed by atoms with Gasteiger partial charge >= 0.3 is 5.97 Å². The minimum Gasteiger partial charge on any atom is -0.461 e. The van der Waals surface area contributed by atoms with Crippen molar-refractivity contribution in [2.45, 2.75) is 52.6 Å². The van der Waals surface area contributed by atoms with Crippen LogP contribution in [-0.2, 0) is 30.5 Å². The van der Waals surface area contributed by atoms with Crippen LogP contribution in [0, 0.1) is 17.8 Å². The summed E-state index contributed by atoms with van der Waals surface area (Å²) in [5, 5.41) is 1.13. The molecule has 0 radical (unpaired) electrons. The number of nitrogens with zero attached hydrogens (tertiary/aromatic N) is 1. The molecule has 1 saturated carbocycles. The Balaban J connectivity index is 1.99. The van der Waals surface area contributed by atoms with E-state index in [9.17, 15) is 19.2 Å². The molecule has 1 aliphatic carbocycles. The van der Waals surface area contributed by atoms with Crippen LogP contribution in [0.4, 0.5) is 0 Å². The lowest BCUT2D eigenvalue weighted by molar-refractivity contribution is -0.150. The molecule has 7 nitrogen and oxygen atoms in total. The number of hydrazine groups is 1. The first kappa shape index (κ1) is 24.9. The summed E-state index contributed by atoms with van der Waals surface area (Å²) >= 11 is 5.70. The molecule has 0 heterocycles. The van der Waals surface area contributed by atoms with Crippen LogP contribution in [0.3, 0.4) is 0 Å². The van der Waals surface area contributed by atoms with E-state index in [-0.39, 0.29) is 43.1 Å². The Morgan fingerprint density at radius 3 is 2.52 bits per heavy atom. The van der Waals surface area contributed by atoms with Crippen molar-refractivity contribution in [1.29, 1.82) is 0 Å². The fourth-order valence-corrected chi connectivity index (χ4v) is 3.80. The van der Waals surface area contributed by atoms with E-state index < -0.39 is 23.7 Å². The highest BCUT2D eigenvalue weighted by Gasteiger charge is 2.31. The van der Waals surface area contributed by atoms with Gasteiger partial charge in [0, 0.05) is 12.3 Å². The Bertz CT molecular complexity index is 768. The topological polar surface area (TPSA) is 92.8 Å². The number of alkyl halides is 1. The maximum atomic E-state index is 12.9. The molecule has 1 N–H and O–H groups in total. The summed E-state index contributed by atoms with van der Waals surface area (Å²) < 4.78 is 5.32. The smallest absolute Gasteiger partial charge is 0.306 e. The second-order valence-electron chi connectivity index (χ2n) is 8.35. The quantitative estimate of drug-likeness (QED) is 0.335. The number of carbonyl (C=O) groups excluding carboxylic acids is 4. The zero-order chi connectivity index (χ0) is 22.8. The molecule has 0 saturated heterocycles. The summed E-state index contributed by atoms with van der Waals surface area (Å²) in [6, 6.07) is 9.30. The summed E-state index contributed by atoms with van der Waals surface area (Å²) in [7, 11) is 0. The van der Waals surface area contributed by atoms with Gasteiger partial charge in [-0.15, -0.1) is 11.6 Å². The number of esters is 1. The van der Waals surface area contributed by atoms with Gasteiger partial charge in [0.25, 0.3) is 5.91 Å². The van der Waals surface area contributed by atoms with Crippen LogP contribution in [0.1, 0.15) is 51.5 Å². The van der Waals surface area contributed by atoms with E-state index in [2.05, 4.69) is 5.43 Å². The zero-order valence-corrected chi connectivity index (χ0v) is 18.9. The SMILES string of the molecule is CC(C)C[C@H](CC(=O)OCc1ccccc1)C(=O)NN(CC1CCCC1=O)C(=O)CCl. The molecule has 0 aliphatic heterocycles. The highest BCUT2D eigenvalue weighted by Crippen LogP contribution is 2.23. The van der Waals surface area contributed by atoms with Gasteiger partial charge in [-0.25, -0.2) is 0 Å². The first-order chi connectivity index (χ1) is 14.8. The molecule has 2 rings (SSSR count). The van der Waals surface area contributed by atoms with E-state index in [1.54, 1.807) is 0 Å². The van der Waals surface area contributed by atoms with Crippen molar-refractivity contribution in [2.75, 3.05) is 12.4 Å². The van der Waals surface area contributed by atoms with Crippen molar-refractivity contribution in [3.05, 3.63) is 35.9 Å². The lowest BCUT2D eigenvalue weighted by Gasteiger charge is -2.27. The highest BCUT2D eigenvalue weighted by molar-refractivity contribution is 6.27. The van der Waals surface area contributed by atoms with Crippen LogP contribution in [-0.4, -0.2) is 41.0 Å². The average molecular weight is 451 g/mol. The van der Waals surface area contributed by atoms with E-state index in [4.69, 9.17) is 16.3 Å². The van der Waals surface area contributed by atoms with Gasteiger partial charge in [0.2, 0.25) is 5.91 Å². The van der Waals surface area contributed by atoms with Crippen LogP contribution in [0.15, 0.2) is 30.3 Å². The van der Waals surface area contributed by atoms with Crippen LogP contribution in [0.5, 0.6) is 0 Å². The van der Waals surface area contributed by atoms with Gasteiger partial charge in [0.15, 0.2) is 0 Å². The third-order valence-corrected chi connectivity index (χ3v) is 5.51. The molecule has 0 spiro atoms. The number of rotatable bonds is 10. The van der Waals surface area contributed by atoms with Crippen LogP contribution in [0.2, 0.25) is 0 Å². The number of carbonyl (C=O) groups is 4. The van der Waals surface area contributed by atoms with Gasteiger partial charge in [0.05, 0.1) is 18.9 Å². The lowest BCUT2D eigenvalue weighted by atomic mass is 9.93. The third kappa shape index (κ3) is 8.32. The fraction of sp³-hybridized carbons (Fsp3) is 0.565. The molecule has 8 heteroatoms. The van der Waals surface area contributed by atoms with Crippen LogP contribution in [0.25, 0.3) is 0 Å². The van der Waals surface area contributed by atoms with Crippen molar-refractivity contribution < 1.29 is 23.9 Å². The second kappa shape index (κ2) is 12.4. The van der Waals surface area contributed by atoms with Gasteiger partial charge < -0.3 is 4.74 Å². The Kier molecular flexibility index (Phi) is 9.98. The normalized spacial score (nSPS) is 16.8. The zero-order valence-electron chi connectivity index (χ0n) is 18.1. The number of amides is 2. The molecule has 0 bridgehead atoms. The first-order valence-electron chi connectivity index (χ1n) is 10.7. The van der Waals surface area contributed by atoms with Crippen molar-refractivity contribution in [1.82, 2.24) is 10.4 Å². The number of halogens is 1. The first-order valence-corrected chi connectivity index (χ1v) is 11.2. The molecule has 2 atom stereocenters. The summed E-state index contributed by atoms with van der Waals surface area (Å²) in [4.78, 5) is 49.5. The monoisotopic (exact) mass is 450 g/mol. The van der Waals surface area contributed by atoms with Gasteiger partial charge in [-0.05, 0) is 30.7 Å². The number of benzene rings is 1. The number of ether oxygens (including phenoxy) is 1. The van der Waals surface area contributed by atoms with E-state index in [0.29, 0.717) is 19.3 Å². The molecule has 1 unspecified atom stereocenters. The standard InChI is InChI=1S/C23H31ClN2O5/c1-16(2)11-19(12-22(29)31-15-17-7-4-3-5-8-17)23(30)25-26(21(28)13-24)14-18-9-6-10-20(18)27/h3-5,7-8,16,18-19H,6,9-15H2,1-2H3,(H,25,30)/t18?,19-/m1/s1. The highest BCUT2D eigenvalue weighted by atomic mass is 35.5. The van der Waals surface area contributed by atoms with Crippen LogP contribution < -0.4 is 5.43 Å². The number of nitrogens with one attached hydrogen (secondary N) is 1. The Morgan fingerprint density at radius 2 is 1.94 bits per heavy atom. The molecule has 1 fully saturated rings. The lowest BCUT2D eigenvalue weighted by Crippen LogP contribution is -2.51. The van der Waals surface area contributed by atoms with E-state index in [1.807, 2.05) is 44.2 Å². The third-order valence-electron chi connectivity index (χ3n) is 5.28. The number of hydrogen-bond acceptors (Lipinski definition) is 5. The van der Waals surface area contributed by atoms with Gasteiger partial charge in [-0.2, -0.15) is 0 Å². The molecule has 31 heavy (non-hydrogen) atoms. The Morgan fingerprint density at radius 1 is 1.23 bits per heavy atom. The molecule has 2 amide bonds. The molecular formula is C23H31ClN2O5. The van der Waals surface area contributed by atoms with Crippen molar-refractivity contribution in [2.24, 2.45) is 17.8 Å². The van der Waals surface area contributed by atoms with Crippen molar-refractivity contribution >= 4 is 35.2 Å². The molecule has 1 aromatic rings. The van der Waals surface area contributed by atoms with E-state index >= 15 is 0 Å². The van der Waals surface area contributed by atoms with Gasteiger partial charge in [-0.3, -0.25) is 29.6 Å². The maximum absolute atomic E-state index is 12.9. The molecule has 1 aromatic carbocycles. The largest absolute Gasteiger partial charge is 0.461 e. The van der Waals surface area contributed by atoms with Gasteiger partial charge in [0.1, 0.15) is 18.3 Å². The summed E-state index contributed by atoms with van der Waals surface area (Å²) in [5.41, 5.74) is 3.46. The Labute approximate surface area is 188 Å². The number of ketones is 1. The molecule has 0 aromatic heterocycles. The Hall–Kier alpha value is -2.41. The van der Waals surface area contributed by atoms with Crippen molar-refractivity contribution in [3.63, 3.8) is 0 Å². The fourth-order valence-electron chi connectivity index (χ4n) is 3.66. The summed E-state index contributed by atoms with van der Waals surface area (Å²) in [6.45, 7) is 4.14. The summed E-state index contributed by atoms with van der Waals surface area (Å²) in [5.74, 6) is -2.43. The minimum atomic E-state index is -0.659. The predicted octanol–water partition coefficient (Wildman–Crippen LogP) is 3.25. The average Bonchev–Trinajstić information content (AvgIpc) is 3.15. The molecular weight excluding hydrogens is 420 g/mol. The van der Waals surface area contributed by atoms with Gasteiger partial charge in [-0.1, -0.05) is 44.2 Å². The van der Waals surface area contributed by atoms with E-state index in [1.165, 1.54) is 0 Å². The van der Waals surface area contributed by atoms with Crippen molar-refractivity contribution in [3.8, 4) is 0 Å². The maximum Gasteiger partial charge on any atom is 0.306 e. The van der Waals surface area contributed by atoms with Crippen LogP contribution >= 0.6 is 11.6 Å².